The molecule has 1 aromatic heterocycles. The van der Waals surface area contributed by atoms with Crippen LogP contribution in [0.3, 0.4) is 0 Å². The number of nitrogens with one attached hydrogen (secondary N) is 1. The fourth-order valence-electron chi connectivity index (χ4n) is 1.25. The summed E-state index contributed by atoms with van der Waals surface area (Å²) in [7, 11) is 0. The van der Waals surface area contributed by atoms with Crippen LogP contribution in [0.1, 0.15) is 25.8 Å². The van der Waals surface area contributed by atoms with Gasteiger partial charge in [-0.15, -0.1) is 5.10 Å². The maximum atomic E-state index is 11.4. The Labute approximate surface area is 86.1 Å². The van der Waals surface area contributed by atoms with Crippen LogP contribution in [0.2, 0.25) is 0 Å². The van der Waals surface area contributed by atoms with Gasteiger partial charge in [-0.2, -0.15) is 0 Å². The molecule has 1 fully saturated rings. The van der Waals surface area contributed by atoms with Crippen LogP contribution >= 0.6 is 11.8 Å². The maximum absolute atomic E-state index is 11.4. The van der Waals surface area contributed by atoms with Crippen LogP contribution in [0.15, 0.2) is 9.95 Å². The molecule has 1 unspecified atom stereocenters. The molecule has 1 aromatic rings. The number of H-pyrrole nitrogens is 1. The summed E-state index contributed by atoms with van der Waals surface area (Å²) in [5, 5.41) is 7.23. The van der Waals surface area contributed by atoms with Crippen molar-refractivity contribution < 1.29 is 0 Å². The van der Waals surface area contributed by atoms with E-state index in [2.05, 4.69) is 10.2 Å². The van der Waals surface area contributed by atoms with Gasteiger partial charge in [-0.25, -0.2) is 9.89 Å². The van der Waals surface area contributed by atoms with Crippen LogP contribution in [-0.4, -0.2) is 26.6 Å². The second kappa shape index (κ2) is 3.78. The molecule has 0 saturated heterocycles. The van der Waals surface area contributed by atoms with Crippen LogP contribution < -0.4 is 11.4 Å². The minimum absolute atomic E-state index is 0.0975. The number of hydrogen-bond acceptors (Lipinski definition) is 4. The van der Waals surface area contributed by atoms with Gasteiger partial charge >= 0.3 is 5.69 Å². The molecule has 0 amide bonds. The lowest BCUT2D eigenvalue weighted by Crippen LogP contribution is -2.19. The van der Waals surface area contributed by atoms with E-state index in [1.54, 1.807) is 4.57 Å². The summed E-state index contributed by atoms with van der Waals surface area (Å²) in [6.07, 6.45) is 2.18. The molecule has 0 spiro atoms. The van der Waals surface area contributed by atoms with Crippen molar-refractivity contribution in [3.05, 3.63) is 10.5 Å². The first kappa shape index (κ1) is 9.79. The normalized spacial score (nSPS) is 18.4. The summed E-state index contributed by atoms with van der Waals surface area (Å²) in [4.78, 5) is 11.4. The zero-order chi connectivity index (χ0) is 10.1. The number of hydrogen-bond donors (Lipinski definition) is 2. The third-order valence-electron chi connectivity index (χ3n) is 2.06. The van der Waals surface area contributed by atoms with E-state index in [4.69, 9.17) is 5.73 Å². The van der Waals surface area contributed by atoms with Gasteiger partial charge in [-0.1, -0.05) is 11.8 Å². The molecule has 1 aliphatic rings. The van der Waals surface area contributed by atoms with Crippen LogP contribution in [0.4, 0.5) is 0 Å². The number of nitrogens with zero attached hydrogens (tertiary/aromatic N) is 2. The Morgan fingerprint density at radius 1 is 1.79 bits per heavy atom. The molecule has 0 radical (unpaired) electrons. The first-order valence-electron chi connectivity index (χ1n) is 4.73. The molecule has 3 N–H and O–H groups in total. The molecule has 0 aromatic carbocycles. The molecule has 6 heteroatoms. The first-order valence-corrected chi connectivity index (χ1v) is 5.72. The number of thioether (sulfide) groups is 1. The molecule has 78 valence electrons. The summed E-state index contributed by atoms with van der Waals surface area (Å²) in [6.45, 7) is 1.94. The lowest BCUT2D eigenvalue weighted by molar-refractivity contribution is 0.641. The predicted molar refractivity (Wildman–Crippen MR) is 55.5 cm³/mol. The quantitative estimate of drug-likeness (QED) is 0.709. The smallest absolute Gasteiger partial charge is 0.327 e. The molecular weight excluding hydrogens is 200 g/mol. The van der Waals surface area contributed by atoms with Gasteiger partial charge in [0.25, 0.3) is 0 Å². The van der Waals surface area contributed by atoms with E-state index in [1.807, 2.05) is 6.92 Å². The molecule has 14 heavy (non-hydrogen) atoms. The minimum atomic E-state index is -0.0975. The number of rotatable bonds is 4. The van der Waals surface area contributed by atoms with Gasteiger partial charge < -0.3 is 5.73 Å². The van der Waals surface area contributed by atoms with E-state index < -0.39 is 0 Å². The fourth-order valence-corrected chi connectivity index (χ4v) is 2.15. The molecule has 0 aliphatic heterocycles. The van der Waals surface area contributed by atoms with Crippen molar-refractivity contribution in [3.63, 3.8) is 0 Å². The second-order valence-corrected chi connectivity index (χ2v) is 4.69. The predicted octanol–water partition coefficient (Wildman–Crippen LogP) is 0.346. The third-order valence-corrected chi connectivity index (χ3v) is 3.30. The zero-order valence-corrected chi connectivity index (χ0v) is 8.88. The molecule has 2 rings (SSSR count). The van der Waals surface area contributed by atoms with Gasteiger partial charge in [0.1, 0.15) is 0 Å². The Bertz CT molecular complexity index is 366. The monoisotopic (exact) mass is 214 g/mol. The highest BCUT2D eigenvalue weighted by atomic mass is 32.2. The Hall–Kier alpha value is -0.750. The van der Waals surface area contributed by atoms with Gasteiger partial charge in [0.05, 0.1) is 0 Å². The summed E-state index contributed by atoms with van der Waals surface area (Å²) >= 11 is 1.54. The highest BCUT2D eigenvalue weighted by molar-refractivity contribution is 7.99. The van der Waals surface area contributed by atoms with Crippen LogP contribution in [-0.2, 0) is 0 Å². The van der Waals surface area contributed by atoms with E-state index in [0.29, 0.717) is 6.04 Å². The Kier molecular flexibility index (Phi) is 2.64. The van der Waals surface area contributed by atoms with Crippen molar-refractivity contribution in [1.82, 2.24) is 14.8 Å². The van der Waals surface area contributed by atoms with E-state index in [1.165, 1.54) is 11.8 Å². The van der Waals surface area contributed by atoms with Gasteiger partial charge in [0.2, 0.25) is 0 Å². The average Bonchev–Trinajstić information content (AvgIpc) is 2.88. The Balaban J connectivity index is 2.12. The van der Waals surface area contributed by atoms with Gasteiger partial charge in [-0.05, 0) is 19.8 Å². The number of aromatic nitrogens is 3. The van der Waals surface area contributed by atoms with Crippen LogP contribution in [0, 0.1) is 0 Å². The average molecular weight is 214 g/mol. The number of aromatic amines is 1. The molecule has 1 atom stereocenters. The standard InChI is InChI=1S/C8H14N4OS/c1-5(9)4-14-8-11-10-7(13)12(8)6-2-3-6/h5-6H,2-4,9H2,1H3,(H,10,13). The molecule has 1 saturated carbocycles. The second-order valence-electron chi connectivity index (χ2n) is 3.70. The van der Waals surface area contributed by atoms with Crippen molar-refractivity contribution >= 4 is 11.8 Å². The van der Waals surface area contributed by atoms with Gasteiger partial charge in [-0.3, -0.25) is 4.57 Å². The van der Waals surface area contributed by atoms with Crippen molar-refractivity contribution in [2.45, 2.75) is 37.0 Å². The van der Waals surface area contributed by atoms with E-state index in [0.717, 1.165) is 23.8 Å². The first-order chi connectivity index (χ1) is 6.68. The van der Waals surface area contributed by atoms with Crippen molar-refractivity contribution in [3.8, 4) is 0 Å². The van der Waals surface area contributed by atoms with E-state index in [-0.39, 0.29) is 11.7 Å². The molecule has 1 aliphatic carbocycles. The Morgan fingerprint density at radius 3 is 3.07 bits per heavy atom. The highest BCUT2D eigenvalue weighted by Crippen LogP contribution is 2.35. The molecular formula is C8H14N4OS. The zero-order valence-electron chi connectivity index (χ0n) is 8.06. The topological polar surface area (TPSA) is 76.7 Å². The summed E-state index contributed by atoms with van der Waals surface area (Å²) in [6, 6.07) is 0.497. The van der Waals surface area contributed by atoms with Gasteiger partial charge in [0, 0.05) is 17.8 Å². The van der Waals surface area contributed by atoms with Crippen LogP contribution in [0.25, 0.3) is 0 Å². The Morgan fingerprint density at radius 2 is 2.50 bits per heavy atom. The summed E-state index contributed by atoms with van der Waals surface area (Å²) in [5.74, 6) is 0.789. The van der Waals surface area contributed by atoms with Crippen molar-refractivity contribution in [1.29, 1.82) is 0 Å². The largest absolute Gasteiger partial charge is 0.344 e. The lowest BCUT2D eigenvalue weighted by Gasteiger charge is -2.04. The summed E-state index contributed by atoms with van der Waals surface area (Å²) in [5.41, 5.74) is 5.55. The van der Waals surface area contributed by atoms with E-state index in [9.17, 15) is 4.79 Å². The minimum Gasteiger partial charge on any atom is -0.327 e. The number of nitrogens with two attached hydrogens (primary N) is 1. The molecule has 0 bridgehead atoms. The SMILES string of the molecule is CC(N)CSc1n[nH]c(=O)n1C1CC1. The molecule has 5 nitrogen and oxygen atoms in total. The van der Waals surface area contributed by atoms with Gasteiger partial charge in [0.15, 0.2) is 5.16 Å². The van der Waals surface area contributed by atoms with Crippen LogP contribution in [0.5, 0.6) is 0 Å². The fraction of sp³-hybridized carbons (Fsp3) is 0.750. The third kappa shape index (κ3) is 2.01. The van der Waals surface area contributed by atoms with Crippen molar-refractivity contribution in [2.24, 2.45) is 5.73 Å². The maximum Gasteiger partial charge on any atom is 0.344 e. The lowest BCUT2D eigenvalue weighted by atomic mass is 10.4. The molecule has 1 heterocycles. The highest BCUT2D eigenvalue weighted by Gasteiger charge is 2.28. The van der Waals surface area contributed by atoms with E-state index >= 15 is 0 Å². The van der Waals surface area contributed by atoms with Crippen molar-refractivity contribution in [2.75, 3.05) is 5.75 Å². The summed E-state index contributed by atoms with van der Waals surface area (Å²) < 4.78 is 1.74.